The SMILES string of the molecule is Cc1nc(N[C@H](C)c2cccc(C(F)(F)CO)c2)c2cc(C3(C#N)CCS(=O)(=O)CC3)n(C)c(=O)c2n1. The third-order valence-electron chi connectivity index (χ3n) is 6.95. The van der Waals surface area contributed by atoms with Gasteiger partial charge in [-0.1, -0.05) is 18.2 Å². The third-order valence-corrected chi connectivity index (χ3v) is 8.60. The first kappa shape index (κ1) is 26.6. The maximum atomic E-state index is 14.0. The molecule has 2 N–H and O–H groups in total. The van der Waals surface area contributed by atoms with Gasteiger partial charge < -0.3 is 15.0 Å². The lowest BCUT2D eigenvalue weighted by Crippen LogP contribution is -2.40. The fourth-order valence-electron chi connectivity index (χ4n) is 4.68. The highest BCUT2D eigenvalue weighted by atomic mass is 32.2. The molecule has 0 radical (unpaired) electrons. The number of aliphatic hydroxyl groups excluding tert-OH is 1. The van der Waals surface area contributed by atoms with Crippen LogP contribution in [0.4, 0.5) is 14.6 Å². The number of rotatable bonds is 6. The quantitative estimate of drug-likeness (QED) is 0.495. The van der Waals surface area contributed by atoms with Gasteiger partial charge in [-0.3, -0.25) is 4.79 Å². The molecule has 196 valence electrons. The number of nitrogens with zero attached hydrogens (tertiary/aromatic N) is 4. The van der Waals surface area contributed by atoms with Crippen LogP contribution in [0.15, 0.2) is 35.1 Å². The Morgan fingerprint density at radius 3 is 2.57 bits per heavy atom. The first-order valence-electron chi connectivity index (χ1n) is 11.7. The number of aryl methyl sites for hydroxylation is 1. The lowest BCUT2D eigenvalue weighted by Gasteiger charge is -2.32. The first-order valence-corrected chi connectivity index (χ1v) is 13.5. The number of anilines is 1. The largest absolute Gasteiger partial charge is 0.390 e. The van der Waals surface area contributed by atoms with Gasteiger partial charge in [0.25, 0.3) is 11.5 Å². The van der Waals surface area contributed by atoms with Gasteiger partial charge in [-0.15, -0.1) is 0 Å². The summed E-state index contributed by atoms with van der Waals surface area (Å²) < 4.78 is 53.5. The number of hydrogen-bond acceptors (Lipinski definition) is 8. The van der Waals surface area contributed by atoms with Crippen LogP contribution in [0.1, 0.15) is 48.5 Å². The van der Waals surface area contributed by atoms with E-state index in [9.17, 15) is 27.3 Å². The predicted octanol–water partition coefficient (Wildman–Crippen LogP) is 2.86. The molecule has 0 saturated carbocycles. The normalized spacial score (nSPS) is 17.8. The number of sulfone groups is 1. The van der Waals surface area contributed by atoms with Crippen LogP contribution in [0.25, 0.3) is 10.9 Å². The topological polar surface area (TPSA) is 138 Å². The Labute approximate surface area is 212 Å². The second-order valence-corrected chi connectivity index (χ2v) is 11.8. The Balaban J connectivity index is 1.82. The van der Waals surface area contributed by atoms with Gasteiger partial charge in [0.05, 0.1) is 28.4 Å². The van der Waals surface area contributed by atoms with Gasteiger partial charge >= 0.3 is 0 Å². The molecule has 3 heterocycles. The maximum absolute atomic E-state index is 14.0. The average molecular weight is 532 g/mol. The van der Waals surface area contributed by atoms with Crippen molar-refractivity contribution in [2.24, 2.45) is 7.05 Å². The number of benzene rings is 1. The van der Waals surface area contributed by atoms with Crippen LogP contribution >= 0.6 is 0 Å². The number of fused-ring (bicyclic) bond motifs is 1. The molecule has 3 aromatic rings. The molecular formula is C25H27F2N5O4S. The molecule has 0 spiro atoms. The summed E-state index contributed by atoms with van der Waals surface area (Å²) in [7, 11) is -1.73. The second kappa shape index (κ2) is 9.46. The molecule has 1 aliphatic heterocycles. The van der Waals surface area contributed by atoms with Crippen molar-refractivity contribution in [1.82, 2.24) is 14.5 Å². The number of aliphatic hydroxyl groups is 1. The van der Waals surface area contributed by atoms with E-state index in [2.05, 4.69) is 21.4 Å². The van der Waals surface area contributed by atoms with Gasteiger partial charge in [0.2, 0.25) is 0 Å². The van der Waals surface area contributed by atoms with Gasteiger partial charge in [0, 0.05) is 24.3 Å². The summed E-state index contributed by atoms with van der Waals surface area (Å²) in [5.74, 6) is -3.12. The molecule has 9 nitrogen and oxygen atoms in total. The van der Waals surface area contributed by atoms with Crippen LogP contribution in [0, 0.1) is 18.3 Å². The van der Waals surface area contributed by atoms with E-state index < -0.39 is 39.4 Å². The molecule has 12 heteroatoms. The molecule has 0 unspecified atom stereocenters. The standard InChI is InChI=1S/C25H27F2N5O4S/c1-15(17-5-4-6-18(11-17)25(26,27)14-33)29-22-19-12-20(24(13-28)7-9-37(35,36)10-8-24)32(3)23(34)21(19)30-16(2)31-22/h4-6,11-12,15,33H,7-10,14H2,1-3H3,(H,29,30,31)/t15-/m1/s1. The van der Waals surface area contributed by atoms with E-state index in [1.54, 1.807) is 26.0 Å². The van der Waals surface area contributed by atoms with Crippen LogP contribution in [-0.4, -0.2) is 46.2 Å². The number of halogens is 2. The van der Waals surface area contributed by atoms with E-state index in [1.807, 2.05) is 0 Å². The maximum Gasteiger partial charge on any atom is 0.295 e. The summed E-state index contributed by atoms with van der Waals surface area (Å²) in [6.07, 6.45) is 0.116. The predicted molar refractivity (Wildman–Crippen MR) is 134 cm³/mol. The molecule has 0 aliphatic carbocycles. The summed E-state index contributed by atoms with van der Waals surface area (Å²) in [5, 5.41) is 22.6. The molecule has 4 rings (SSSR count). The summed E-state index contributed by atoms with van der Waals surface area (Å²) in [6, 6.07) is 9.02. The zero-order valence-electron chi connectivity index (χ0n) is 20.6. The van der Waals surface area contributed by atoms with E-state index in [0.29, 0.717) is 22.5 Å². The lowest BCUT2D eigenvalue weighted by molar-refractivity contribution is -0.0556. The Morgan fingerprint density at radius 2 is 1.95 bits per heavy atom. The van der Waals surface area contributed by atoms with Gasteiger partial charge in [-0.25, -0.2) is 18.4 Å². The number of aromatic nitrogens is 3. The number of alkyl halides is 2. The van der Waals surface area contributed by atoms with Gasteiger partial charge in [0.15, 0.2) is 0 Å². The molecule has 1 aliphatic rings. The Kier molecular flexibility index (Phi) is 6.81. The van der Waals surface area contributed by atoms with E-state index in [-0.39, 0.29) is 41.2 Å². The highest BCUT2D eigenvalue weighted by Gasteiger charge is 2.41. The fraction of sp³-hybridized carbons (Fsp3) is 0.440. The lowest BCUT2D eigenvalue weighted by atomic mass is 9.79. The zero-order valence-corrected chi connectivity index (χ0v) is 21.4. The van der Waals surface area contributed by atoms with Gasteiger partial charge in [-0.2, -0.15) is 14.0 Å². The van der Waals surface area contributed by atoms with Crippen molar-refractivity contribution in [1.29, 1.82) is 5.26 Å². The number of pyridine rings is 1. The minimum absolute atomic E-state index is 0.0579. The molecule has 1 saturated heterocycles. The highest BCUT2D eigenvalue weighted by Crippen LogP contribution is 2.37. The van der Waals surface area contributed by atoms with E-state index in [4.69, 9.17) is 5.11 Å². The molecule has 0 bridgehead atoms. The number of nitrogens with one attached hydrogen (secondary N) is 1. The summed E-state index contributed by atoms with van der Waals surface area (Å²) >= 11 is 0. The van der Waals surface area contributed by atoms with E-state index >= 15 is 0 Å². The van der Waals surface area contributed by atoms with Crippen LogP contribution in [0.3, 0.4) is 0 Å². The summed E-state index contributed by atoms with van der Waals surface area (Å²) in [6.45, 7) is 2.04. The molecule has 1 fully saturated rings. The minimum Gasteiger partial charge on any atom is -0.390 e. The van der Waals surface area contributed by atoms with Crippen molar-refractivity contribution in [3.8, 4) is 6.07 Å². The number of hydrogen-bond donors (Lipinski definition) is 2. The molecule has 1 atom stereocenters. The molecule has 1 aromatic carbocycles. The molecule has 2 aromatic heterocycles. The van der Waals surface area contributed by atoms with E-state index in [0.717, 1.165) is 0 Å². The Hall–Kier alpha value is -3.43. The fourth-order valence-corrected chi connectivity index (χ4v) is 6.20. The summed E-state index contributed by atoms with van der Waals surface area (Å²) in [5.41, 5.74) is -0.970. The third kappa shape index (κ3) is 4.93. The first-order chi connectivity index (χ1) is 17.3. The van der Waals surface area contributed by atoms with Crippen molar-refractivity contribution in [3.05, 3.63) is 63.3 Å². The minimum atomic E-state index is -3.39. The van der Waals surface area contributed by atoms with Crippen LogP contribution in [0.2, 0.25) is 0 Å². The molecule has 0 amide bonds. The van der Waals surface area contributed by atoms with E-state index in [1.165, 1.54) is 29.8 Å². The molecular weight excluding hydrogens is 504 g/mol. The van der Waals surface area contributed by atoms with Crippen LogP contribution in [-0.2, 0) is 28.2 Å². The zero-order chi connectivity index (χ0) is 27.2. The van der Waals surface area contributed by atoms with Crippen molar-refractivity contribution in [2.45, 2.75) is 44.1 Å². The number of nitriles is 1. The average Bonchev–Trinajstić information content (AvgIpc) is 2.87. The Morgan fingerprint density at radius 1 is 1.27 bits per heavy atom. The summed E-state index contributed by atoms with van der Waals surface area (Å²) in [4.78, 5) is 22.1. The monoisotopic (exact) mass is 531 g/mol. The van der Waals surface area contributed by atoms with Crippen molar-refractivity contribution in [3.63, 3.8) is 0 Å². The van der Waals surface area contributed by atoms with Crippen molar-refractivity contribution in [2.75, 3.05) is 23.4 Å². The second-order valence-electron chi connectivity index (χ2n) is 9.48. The molecule has 37 heavy (non-hydrogen) atoms. The van der Waals surface area contributed by atoms with Crippen molar-refractivity contribution >= 4 is 26.6 Å². The van der Waals surface area contributed by atoms with Gasteiger partial charge in [-0.05, 0) is 44.4 Å². The van der Waals surface area contributed by atoms with Crippen LogP contribution < -0.4 is 10.9 Å². The highest BCUT2D eigenvalue weighted by molar-refractivity contribution is 7.91. The smallest absolute Gasteiger partial charge is 0.295 e. The van der Waals surface area contributed by atoms with Gasteiger partial charge in [0.1, 0.15) is 33.6 Å². The Bertz CT molecular complexity index is 1570. The van der Waals surface area contributed by atoms with Crippen molar-refractivity contribution < 1.29 is 22.3 Å². The van der Waals surface area contributed by atoms with Crippen LogP contribution in [0.5, 0.6) is 0 Å².